The summed E-state index contributed by atoms with van der Waals surface area (Å²) in [4.78, 5) is 19.6. The van der Waals surface area contributed by atoms with Gasteiger partial charge >= 0.3 is 0 Å². The van der Waals surface area contributed by atoms with E-state index < -0.39 is 0 Å². The number of nitrogens with zero attached hydrogens (tertiary/aromatic N) is 2. The van der Waals surface area contributed by atoms with Gasteiger partial charge in [0.25, 0.3) is 11.1 Å². The first-order valence-electron chi connectivity index (χ1n) is 8.28. The molecule has 0 saturated carbocycles. The van der Waals surface area contributed by atoms with E-state index in [0.29, 0.717) is 27.5 Å². The van der Waals surface area contributed by atoms with Crippen molar-refractivity contribution in [2.45, 2.75) is 18.9 Å². The molecule has 0 aliphatic carbocycles. The lowest BCUT2D eigenvalue weighted by Gasteiger charge is -2.31. The van der Waals surface area contributed by atoms with Gasteiger partial charge in [-0.1, -0.05) is 22.9 Å². The number of carbonyl (C=O) groups excluding carboxylic acids is 1. The summed E-state index contributed by atoms with van der Waals surface area (Å²) >= 11 is 8.77. The van der Waals surface area contributed by atoms with Crippen molar-refractivity contribution in [3.63, 3.8) is 0 Å². The predicted octanol–water partition coefficient (Wildman–Crippen LogP) is 4.70. The number of fused-ring (bicyclic) bond motifs is 1. The van der Waals surface area contributed by atoms with Crippen molar-refractivity contribution in [3.8, 4) is 10.9 Å². The van der Waals surface area contributed by atoms with Gasteiger partial charge in [0.1, 0.15) is 11.9 Å². The summed E-state index contributed by atoms with van der Waals surface area (Å²) in [6.07, 6.45) is 1.67. The first-order chi connectivity index (χ1) is 12.6. The molecule has 26 heavy (non-hydrogen) atoms. The molecule has 8 heteroatoms. The molecule has 3 aromatic rings. The highest BCUT2D eigenvalue weighted by Gasteiger charge is 2.26. The van der Waals surface area contributed by atoms with E-state index in [-0.39, 0.29) is 12.0 Å². The third kappa shape index (κ3) is 3.65. The number of rotatable bonds is 4. The van der Waals surface area contributed by atoms with Crippen LogP contribution >= 0.6 is 34.3 Å². The van der Waals surface area contributed by atoms with Gasteiger partial charge in [0, 0.05) is 25.9 Å². The molecule has 0 unspecified atom stereocenters. The molecule has 0 radical (unpaired) electrons. The van der Waals surface area contributed by atoms with Crippen molar-refractivity contribution in [2.24, 2.45) is 0 Å². The van der Waals surface area contributed by atoms with Crippen LogP contribution in [0.4, 0.5) is 0 Å². The molecule has 1 saturated heterocycles. The summed E-state index contributed by atoms with van der Waals surface area (Å²) in [5, 5.41) is 0.670. The first kappa shape index (κ1) is 17.6. The van der Waals surface area contributed by atoms with Crippen molar-refractivity contribution >= 4 is 50.4 Å². The third-order valence-corrected chi connectivity index (χ3v) is 6.48. The maximum absolute atomic E-state index is 12.5. The minimum Gasteiger partial charge on any atom is -0.497 e. The molecule has 3 heterocycles. The van der Waals surface area contributed by atoms with Gasteiger partial charge in [0.05, 0.1) is 26.5 Å². The number of halogens is 1. The molecule has 0 N–H and O–H groups in total. The molecule has 0 bridgehead atoms. The topological polar surface area (TPSA) is 51.7 Å². The van der Waals surface area contributed by atoms with Crippen LogP contribution in [0, 0.1) is 0 Å². The summed E-state index contributed by atoms with van der Waals surface area (Å²) in [5.41, 5.74) is 0.910. The van der Waals surface area contributed by atoms with Gasteiger partial charge in [-0.2, -0.15) is 0 Å². The van der Waals surface area contributed by atoms with Crippen LogP contribution in [0.5, 0.6) is 10.9 Å². The van der Waals surface area contributed by atoms with E-state index in [1.54, 1.807) is 19.2 Å². The van der Waals surface area contributed by atoms with E-state index in [2.05, 4.69) is 4.98 Å². The summed E-state index contributed by atoms with van der Waals surface area (Å²) in [7, 11) is 1.65. The fraction of sp³-hybridized carbons (Fsp3) is 0.333. The van der Waals surface area contributed by atoms with Crippen molar-refractivity contribution in [2.75, 3.05) is 20.2 Å². The molecule has 1 aliphatic rings. The number of piperidine rings is 1. The van der Waals surface area contributed by atoms with E-state index in [4.69, 9.17) is 21.1 Å². The molecular formula is C18H17ClN2O3S2. The minimum atomic E-state index is 0.0485. The van der Waals surface area contributed by atoms with E-state index >= 15 is 0 Å². The van der Waals surface area contributed by atoms with Gasteiger partial charge in [0.15, 0.2) is 0 Å². The normalized spacial score (nSPS) is 15.4. The number of amides is 1. The van der Waals surface area contributed by atoms with Crippen molar-refractivity contribution in [3.05, 3.63) is 39.5 Å². The highest BCUT2D eigenvalue weighted by Crippen LogP contribution is 2.32. The third-order valence-electron chi connectivity index (χ3n) is 4.36. The van der Waals surface area contributed by atoms with E-state index in [9.17, 15) is 4.79 Å². The number of ether oxygens (including phenoxy) is 2. The Morgan fingerprint density at radius 3 is 2.73 bits per heavy atom. The smallest absolute Gasteiger partial charge is 0.274 e. The number of methoxy groups -OCH3 is 1. The number of likely N-dealkylation sites (tertiary alicyclic amines) is 1. The molecular weight excluding hydrogens is 392 g/mol. The molecule has 2 aromatic heterocycles. The van der Waals surface area contributed by atoms with Crippen LogP contribution in [-0.4, -0.2) is 42.1 Å². The lowest BCUT2D eigenvalue weighted by Crippen LogP contribution is -2.41. The SMILES string of the molecule is COc1ccc2nc(OC3CCN(C(=O)c4ccc(Cl)s4)CC3)sc2c1. The van der Waals surface area contributed by atoms with Crippen LogP contribution in [0.3, 0.4) is 0 Å². The second-order valence-corrected chi connectivity index (χ2v) is 8.73. The van der Waals surface area contributed by atoms with Gasteiger partial charge in [-0.3, -0.25) is 4.79 Å². The lowest BCUT2D eigenvalue weighted by atomic mass is 10.1. The first-order valence-corrected chi connectivity index (χ1v) is 10.3. The fourth-order valence-electron chi connectivity index (χ4n) is 2.97. The Bertz CT molecular complexity index is 932. The number of thiazole rings is 1. The van der Waals surface area contributed by atoms with Crippen molar-refractivity contribution in [1.29, 1.82) is 0 Å². The second-order valence-electron chi connectivity index (χ2n) is 6.03. The van der Waals surface area contributed by atoms with Crippen LogP contribution in [0.25, 0.3) is 10.2 Å². The number of thiophene rings is 1. The summed E-state index contributed by atoms with van der Waals surface area (Å²) in [6.45, 7) is 1.36. The second kappa shape index (κ2) is 7.42. The van der Waals surface area contributed by atoms with Crippen molar-refractivity contribution < 1.29 is 14.3 Å². The van der Waals surface area contributed by atoms with Crippen LogP contribution < -0.4 is 9.47 Å². The van der Waals surface area contributed by atoms with E-state index in [0.717, 1.165) is 28.8 Å². The average Bonchev–Trinajstić information content (AvgIpc) is 3.26. The number of hydrogen-bond donors (Lipinski definition) is 0. The Labute approximate surface area is 164 Å². The molecule has 0 spiro atoms. The maximum atomic E-state index is 12.5. The zero-order valence-corrected chi connectivity index (χ0v) is 16.5. The number of benzene rings is 1. The highest BCUT2D eigenvalue weighted by atomic mass is 35.5. The van der Waals surface area contributed by atoms with Crippen LogP contribution in [-0.2, 0) is 0 Å². The molecule has 136 valence electrons. The summed E-state index contributed by atoms with van der Waals surface area (Å²) in [6, 6.07) is 9.34. The Kier molecular flexibility index (Phi) is 5.02. The largest absolute Gasteiger partial charge is 0.497 e. The lowest BCUT2D eigenvalue weighted by molar-refractivity contribution is 0.0600. The monoisotopic (exact) mass is 408 g/mol. The molecule has 5 nitrogen and oxygen atoms in total. The number of carbonyl (C=O) groups is 1. The average molecular weight is 409 g/mol. The summed E-state index contributed by atoms with van der Waals surface area (Å²) < 4.78 is 13.0. The minimum absolute atomic E-state index is 0.0485. The Hall–Kier alpha value is -1.83. The van der Waals surface area contributed by atoms with Crippen molar-refractivity contribution in [1.82, 2.24) is 9.88 Å². The predicted molar refractivity (Wildman–Crippen MR) is 105 cm³/mol. The van der Waals surface area contributed by atoms with E-state index in [1.165, 1.54) is 22.7 Å². The van der Waals surface area contributed by atoms with Gasteiger partial charge < -0.3 is 14.4 Å². The Morgan fingerprint density at radius 1 is 1.23 bits per heavy atom. The van der Waals surface area contributed by atoms with Crippen LogP contribution in [0.1, 0.15) is 22.5 Å². The maximum Gasteiger partial charge on any atom is 0.274 e. The zero-order valence-electron chi connectivity index (χ0n) is 14.1. The van der Waals surface area contributed by atoms with Gasteiger partial charge in [0.2, 0.25) is 0 Å². The molecule has 1 fully saturated rings. The quantitative estimate of drug-likeness (QED) is 0.627. The van der Waals surface area contributed by atoms with Crippen LogP contribution in [0.15, 0.2) is 30.3 Å². The number of aromatic nitrogens is 1. The highest BCUT2D eigenvalue weighted by molar-refractivity contribution is 7.20. The number of hydrogen-bond acceptors (Lipinski definition) is 6. The molecule has 1 aliphatic heterocycles. The summed E-state index contributed by atoms with van der Waals surface area (Å²) in [5.74, 6) is 0.862. The molecule has 4 rings (SSSR count). The fourth-order valence-corrected chi connectivity index (χ4v) is 4.89. The Balaban J connectivity index is 1.37. The Morgan fingerprint density at radius 2 is 2.04 bits per heavy atom. The molecule has 1 amide bonds. The van der Waals surface area contributed by atoms with Gasteiger partial charge in [-0.05, 0) is 30.3 Å². The zero-order chi connectivity index (χ0) is 18.1. The molecule has 0 atom stereocenters. The molecule has 1 aromatic carbocycles. The van der Waals surface area contributed by atoms with Gasteiger partial charge in [-0.15, -0.1) is 11.3 Å². The van der Waals surface area contributed by atoms with Crippen LogP contribution in [0.2, 0.25) is 4.34 Å². The van der Waals surface area contributed by atoms with Gasteiger partial charge in [-0.25, -0.2) is 4.98 Å². The standard InChI is InChI=1S/C18H17ClN2O3S2/c1-23-12-2-3-13-15(10-12)26-18(20-13)24-11-6-8-21(9-7-11)17(22)14-4-5-16(19)25-14/h2-5,10-11H,6-9H2,1H3. The van der Waals surface area contributed by atoms with E-state index in [1.807, 2.05) is 23.1 Å².